The van der Waals surface area contributed by atoms with E-state index in [1.807, 2.05) is 0 Å². The van der Waals surface area contributed by atoms with Gasteiger partial charge in [-0.1, -0.05) is 59.4 Å². The maximum absolute atomic E-state index is 0. The van der Waals surface area contributed by atoms with Crippen LogP contribution in [-0.2, 0) is 0 Å². The summed E-state index contributed by atoms with van der Waals surface area (Å²) >= 11 is 0. The molecule has 0 bridgehead atoms. The summed E-state index contributed by atoms with van der Waals surface area (Å²) in [5.74, 6) is 0. The van der Waals surface area contributed by atoms with Crippen molar-refractivity contribution in [2.75, 3.05) is 0 Å². The van der Waals surface area contributed by atoms with Gasteiger partial charge in [-0.3, -0.25) is 0 Å². The second-order valence-electron chi connectivity index (χ2n) is 0. The van der Waals surface area contributed by atoms with Crippen LogP contribution in [0.25, 0.3) is 0 Å². The largest absolute Gasteiger partial charge is 0.197 e. The number of rotatable bonds is 0. The van der Waals surface area contributed by atoms with Crippen LogP contribution in [0.1, 0.15) is 59.4 Å². The predicted molar refractivity (Wildman–Crippen MR) is 97.6 cm³/mol. The Balaban J connectivity index is 0. The summed E-state index contributed by atoms with van der Waals surface area (Å²) in [5, 5.41) is 0. The Labute approximate surface area is 179 Å². The van der Waals surface area contributed by atoms with Gasteiger partial charge in [0.05, 0.1) is 0 Å². The summed E-state index contributed by atoms with van der Waals surface area (Å²) in [6, 6.07) is 0. The van der Waals surface area contributed by atoms with E-state index in [1.54, 1.807) is 0 Å². The minimum Gasteiger partial charge on any atom is -0.197 e. The van der Waals surface area contributed by atoms with E-state index in [0.29, 0.717) is 0 Å². The molecule has 0 aromatic carbocycles. The maximum atomic E-state index is 0. The molecular weight excluding hydrogens is 635 g/mol. The Morgan fingerprint density at radius 3 is 0.214 bits per heavy atom. The molecule has 96 valence electrons. The van der Waals surface area contributed by atoms with E-state index in [4.69, 9.17) is 0 Å². The minimum atomic E-state index is 0. The molecule has 14 heavy (non-hydrogen) atoms. The maximum Gasteiger partial charge on any atom is 0 e. The zero-order chi connectivity index (χ0) is 0. The first-order valence-electron chi connectivity index (χ1n) is 0. The molecule has 0 aliphatic heterocycles. The molecule has 0 amide bonds. The molecule has 0 saturated carbocycles. The first kappa shape index (κ1) is 337. The van der Waals surface area contributed by atoms with Crippen molar-refractivity contribution in [3.05, 3.63) is 0 Å². The van der Waals surface area contributed by atoms with Crippen molar-refractivity contribution in [1.82, 2.24) is 0 Å². The van der Waals surface area contributed by atoms with Crippen LogP contribution in [0.4, 0.5) is 0 Å². The van der Waals surface area contributed by atoms with Crippen molar-refractivity contribution < 1.29 is 0 Å². The van der Waals surface area contributed by atoms with Crippen molar-refractivity contribution in [2.45, 2.75) is 59.4 Å². The first-order chi connectivity index (χ1) is 0. The fraction of sp³-hybridized carbons (Fsp3) is 1.00. The van der Waals surface area contributed by atoms with Gasteiger partial charge < -0.3 is 0 Å². The molecule has 0 atom stereocenters. The molecule has 0 N–H and O–H groups in total. The molecule has 0 fully saturated rings. The molecule has 0 unspecified atom stereocenters. The average Bonchev–Trinajstić information content (AvgIpc) is 0. The molecule has 0 aliphatic carbocycles. The van der Waals surface area contributed by atoms with Crippen LogP contribution in [0.2, 0.25) is 0 Å². The third kappa shape index (κ3) is 232. The number of hydrogen-bond acceptors (Lipinski definition) is 0. The minimum absolute atomic E-state index is 0. The normalized spacial score (nSPS) is 0. The van der Waals surface area contributed by atoms with E-state index in [9.17, 15) is 0 Å². The Bertz CT molecular complexity index is 19.3. The third-order valence-corrected chi connectivity index (χ3v) is 0. The molecule has 0 nitrogen and oxygen atoms in total. The zero-order valence-electron chi connectivity index (χ0n) is 3.00. The van der Waals surface area contributed by atoms with Crippen LogP contribution in [-0.4, -0.2) is 95.6 Å². The van der Waals surface area contributed by atoms with E-state index in [0.717, 1.165) is 0 Å². The Kier molecular flexibility index (Phi) is 6770. The smallest absolute Gasteiger partial charge is 0 e. The molecule has 16 radical (unpaired) electrons. The van der Waals surface area contributed by atoms with Crippen LogP contribution in [0.3, 0.4) is 0 Å². The van der Waals surface area contributed by atoms with E-state index >= 15 is 0 Å². The summed E-state index contributed by atoms with van der Waals surface area (Å²) in [6.07, 6.45) is 0. The van der Waals surface area contributed by atoms with Crippen molar-refractivity contribution in [3.63, 3.8) is 0 Å². The van der Waals surface area contributed by atoms with Crippen molar-refractivity contribution in [3.8, 4) is 0 Å². The van der Waals surface area contributed by atoms with Crippen molar-refractivity contribution >= 4 is 123 Å². The van der Waals surface area contributed by atoms with Gasteiger partial charge in [-0.05, 0) is 0 Å². The van der Waals surface area contributed by atoms with Gasteiger partial charge in [0, 0.05) is 95.6 Å². The van der Waals surface area contributed by atoms with Gasteiger partial charge >= 0.3 is 0 Å². The SMILES string of the molecule is C.C.C.C.C.C.C.C.S.S.[Sn].[Sn].[Sn].[Sn]. The summed E-state index contributed by atoms with van der Waals surface area (Å²) in [4.78, 5) is 0. The van der Waals surface area contributed by atoms with E-state index < -0.39 is 0 Å². The van der Waals surface area contributed by atoms with Gasteiger partial charge in [0.15, 0.2) is 0 Å². The van der Waals surface area contributed by atoms with Crippen molar-refractivity contribution in [1.29, 1.82) is 0 Å². The van der Waals surface area contributed by atoms with Gasteiger partial charge in [0.2, 0.25) is 0 Å². The first-order valence-corrected chi connectivity index (χ1v) is 0. The molecule has 0 aromatic rings. The monoisotopic (exact) mass is 676 g/mol. The van der Waals surface area contributed by atoms with Crippen molar-refractivity contribution in [2.24, 2.45) is 0 Å². The van der Waals surface area contributed by atoms with E-state index in [1.165, 1.54) is 0 Å². The third-order valence-electron chi connectivity index (χ3n) is 0. The standard InChI is InChI=1S/8CH4.2H2S.4Sn/h8*1H4;2*1H2;;;;. The van der Waals surface area contributed by atoms with Crippen LogP contribution >= 0.6 is 27.0 Å². The number of hydrogen-bond donors (Lipinski definition) is 0. The Morgan fingerprint density at radius 1 is 0.214 bits per heavy atom. The van der Waals surface area contributed by atoms with Crippen LogP contribution < -0.4 is 0 Å². The fourth-order valence-electron chi connectivity index (χ4n) is 0. The quantitative estimate of drug-likeness (QED) is 0.345. The second-order valence-corrected chi connectivity index (χ2v) is 0. The van der Waals surface area contributed by atoms with E-state index in [-0.39, 0.29) is 182 Å². The topological polar surface area (TPSA) is 0 Å². The van der Waals surface area contributed by atoms with Crippen LogP contribution in [0.5, 0.6) is 0 Å². The molecular formula is C8H36S2Sn4. The van der Waals surface area contributed by atoms with Gasteiger partial charge in [0.1, 0.15) is 0 Å². The average molecular weight is 671 g/mol. The Hall–Kier alpha value is 3.89. The van der Waals surface area contributed by atoms with Gasteiger partial charge in [-0.2, -0.15) is 27.0 Å². The molecule has 0 aromatic heterocycles. The summed E-state index contributed by atoms with van der Waals surface area (Å²) in [5.41, 5.74) is 0. The molecule has 0 aliphatic rings. The zero-order valence-corrected chi connectivity index (χ0v) is 16.4. The predicted octanol–water partition coefficient (Wildman–Crippen LogP) is 3.79. The molecule has 0 heterocycles. The Morgan fingerprint density at radius 2 is 0.214 bits per heavy atom. The summed E-state index contributed by atoms with van der Waals surface area (Å²) < 4.78 is 0. The van der Waals surface area contributed by atoms with Crippen LogP contribution in [0.15, 0.2) is 0 Å². The molecule has 0 rings (SSSR count). The van der Waals surface area contributed by atoms with Crippen LogP contribution in [0, 0.1) is 0 Å². The summed E-state index contributed by atoms with van der Waals surface area (Å²) in [6.45, 7) is 0. The molecule has 0 spiro atoms. The van der Waals surface area contributed by atoms with Gasteiger partial charge in [-0.15, -0.1) is 0 Å². The van der Waals surface area contributed by atoms with Gasteiger partial charge in [-0.25, -0.2) is 0 Å². The van der Waals surface area contributed by atoms with Gasteiger partial charge in [0.25, 0.3) is 0 Å². The van der Waals surface area contributed by atoms with E-state index in [2.05, 4.69) is 0 Å². The molecule has 0 saturated heterocycles. The summed E-state index contributed by atoms with van der Waals surface area (Å²) in [7, 11) is 0. The molecule has 6 heteroatoms. The second kappa shape index (κ2) is 281. The fourth-order valence-corrected chi connectivity index (χ4v) is 0.